The number of alkyl halides is 7. The maximum absolute atomic E-state index is 14.8. The molecule has 2 fully saturated rings. The van der Waals surface area contributed by atoms with Crippen molar-refractivity contribution in [3.63, 3.8) is 0 Å². The highest BCUT2D eigenvalue weighted by molar-refractivity contribution is 5.40. The smallest absolute Gasteiger partial charge is 0.242 e. The first-order valence-corrected chi connectivity index (χ1v) is 5.92. The van der Waals surface area contributed by atoms with Gasteiger partial charge in [-0.1, -0.05) is 12.2 Å². The minimum Gasteiger partial charge on any atom is -0.242 e. The van der Waals surface area contributed by atoms with Gasteiger partial charge in [0.05, 0.1) is 0 Å². The van der Waals surface area contributed by atoms with Crippen LogP contribution in [0.3, 0.4) is 0 Å². The Labute approximate surface area is 104 Å². The van der Waals surface area contributed by atoms with Gasteiger partial charge in [-0.25, -0.2) is 4.39 Å². The maximum atomic E-state index is 14.8. The molecule has 4 atom stereocenters. The van der Waals surface area contributed by atoms with E-state index in [-0.39, 0.29) is 13.3 Å². The van der Waals surface area contributed by atoms with E-state index in [1.54, 1.807) is 12.2 Å². The molecular formula is C12H11F7. The lowest BCUT2D eigenvalue weighted by atomic mass is 9.49. The van der Waals surface area contributed by atoms with Gasteiger partial charge in [0, 0.05) is 5.41 Å². The van der Waals surface area contributed by atoms with E-state index in [9.17, 15) is 30.7 Å². The van der Waals surface area contributed by atoms with Crippen molar-refractivity contribution in [2.45, 2.75) is 37.8 Å². The first-order valence-electron chi connectivity index (χ1n) is 5.92. The van der Waals surface area contributed by atoms with Gasteiger partial charge in [-0.05, 0) is 31.6 Å². The van der Waals surface area contributed by atoms with Crippen LogP contribution in [0.25, 0.3) is 0 Å². The van der Waals surface area contributed by atoms with Crippen molar-refractivity contribution in [3.05, 3.63) is 12.2 Å². The van der Waals surface area contributed by atoms with Crippen molar-refractivity contribution in [3.8, 4) is 0 Å². The van der Waals surface area contributed by atoms with E-state index in [0.717, 1.165) is 0 Å². The van der Waals surface area contributed by atoms with E-state index in [0.29, 0.717) is 0 Å². The molecule has 0 aromatic heterocycles. The lowest BCUT2D eigenvalue weighted by molar-refractivity contribution is -0.398. The first kappa shape index (κ1) is 13.2. The quantitative estimate of drug-likeness (QED) is 0.495. The molecule has 0 radical (unpaired) electrons. The van der Waals surface area contributed by atoms with Crippen molar-refractivity contribution in [1.82, 2.24) is 0 Å². The predicted octanol–water partition coefficient (Wildman–Crippen LogP) is 4.42. The van der Waals surface area contributed by atoms with Crippen LogP contribution in [-0.4, -0.2) is 18.0 Å². The van der Waals surface area contributed by atoms with Crippen LogP contribution in [0.5, 0.6) is 0 Å². The standard InChI is InChI=1S/C12H11F7/c1-8(11(14,15)16,12(17,18)19)10(13)5-7-3-2-6-4-9(6,7)10/h2-3,6-7H,4-5H2,1H3. The monoisotopic (exact) mass is 288 g/mol. The van der Waals surface area contributed by atoms with Crippen molar-refractivity contribution in [2.75, 3.05) is 0 Å². The average molecular weight is 288 g/mol. The number of halogens is 7. The van der Waals surface area contributed by atoms with Crippen LogP contribution in [0.1, 0.15) is 19.8 Å². The third-order valence-electron chi connectivity index (χ3n) is 5.46. The molecule has 0 bridgehead atoms. The van der Waals surface area contributed by atoms with Crippen molar-refractivity contribution in [2.24, 2.45) is 22.7 Å². The van der Waals surface area contributed by atoms with Gasteiger partial charge in [-0.15, -0.1) is 0 Å². The molecule has 7 heteroatoms. The van der Waals surface area contributed by atoms with E-state index in [2.05, 4.69) is 0 Å². The number of hydrogen-bond donors (Lipinski definition) is 0. The Morgan fingerprint density at radius 2 is 1.32 bits per heavy atom. The average Bonchev–Trinajstić information content (AvgIpc) is 2.91. The normalized spacial score (nSPS) is 44.6. The van der Waals surface area contributed by atoms with Crippen LogP contribution in [0.4, 0.5) is 30.7 Å². The van der Waals surface area contributed by atoms with Gasteiger partial charge in [-0.3, -0.25) is 0 Å². The SMILES string of the molecule is CC(C(F)(F)F)(C(F)(F)F)C1(F)CC2C=CC3CC321. The molecule has 4 unspecified atom stereocenters. The molecule has 3 aliphatic carbocycles. The summed E-state index contributed by atoms with van der Waals surface area (Å²) < 4.78 is 92.7. The highest BCUT2D eigenvalue weighted by atomic mass is 19.4. The van der Waals surface area contributed by atoms with Crippen molar-refractivity contribution in [1.29, 1.82) is 0 Å². The maximum Gasteiger partial charge on any atom is 0.406 e. The molecule has 2 saturated carbocycles. The molecule has 0 amide bonds. The van der Waals surface area contributed by atoms with Crippen LogP contribution in [-0.2, 0) is 0 Å². The van der Waals surface area contributed by atoms with Crippen LogP contribution < -0.4 is 0 Å². The zero-order valence-corrected chi connectivity index (χ0v) is 9.87. The summed E-state index contributed by atoms with van der Waals surface area (Å²) in [5.41, 5.74) is -9.02. The highest BCUT2D eigenvalue weighted by Gasteiger charge is 2.91. The first-order chi connectivity index (χ1) is 8.42. The minimum atomic E-state index is -5.66. The molecule has 0 aromatic carbocycles. The van der Waals surface area contributed by atoms with E-state index in [1.165, 1.54) is 0 Å². The number of rotatable bonds is 1. The van der Waals surface area contributed by atoms with Crippen LogP contribution >= 0.6 is 0 Å². The molecule has 1 spiro atoms. The van der Waals surface area contributed by atoms with E-state index < -0.39 is 47.1 Å². The van der Waals surface area contributed by atoms with Gasteiger partial charge in [0.2, 0.25) is 0 Å². The van der Waals surface area contributed by atoms with Crippen molar-refractivity contribution < 1.29 is 30.7 Å². The fraction of sp³-hybridized carbons (Fsp3) is 0.833. The second kappa shape index (κ2) is 2.96. The number of hydrogen-bond acceptors (Lipinski definition) is 0. The van der Waals surface area contributed by atoms with Crippen molar-refractivity contribution >= 4 is 0 Å². The lowest BCUT2D eigenvalue weighted by Gasteiger charge is -2.58. The van der Waals surface area contributed by atoms with E-state index in [1.807, 2.05) is 0 Å². The van der Waals surface area contributed by atoms with Crippen LogP contribution in [0.15, 0.2) is 12.2 Å². The molecule has 0 heterocycles. The predicted molar refractivity (Wildman–Crippen MR) is 51.8 cm³/mol. The fourth-order valence-electron chi connectivity index (χ4n) is 4.05. The highest BCUT2D eigenvalue weighted by Crippen LogP contribution is 2.84. The molecule has 0 aromatic rings. The van der Waals surface area contributed by atoms with Crippen LogP contribution in [0.2, 0.25) is 0 Å². The van der Waals surface area contributed by atoms with E-state index >= 15 is 0 Å². The number of allylic oxidation sites excluding steroid dienone is 2. The Hall–Kier alpha value is -0.750. The summed E-state index contributed by atoms with van der Waals surface area (Å²) in [5, 5.41) is 0. The van der Waals surface area contributed by atoms with Gasteiger partial charge in [-0.2, -0.15) is 26.3 Å². The van der Waals surface area contributed by atoms with Crippen LogP contribution in [0, 0.1) is 22.7 Å². The zero-order chi connectivity index (χ0) is 14.5. The molecule has 0 N–H and O–H groups in total. The summed E-state index contributed by atoms with van der Waals surface area (Å²) in [6, 6.07) is 0. The molecule has 0 saturated heterocycles. The van der Waals surface area contributed by atoms with Gasteiger partial charge >= 0.3 is 12.4 Å². The largest absolute Gasteiger partial charge is 0.406 e. The Morgan fingerprint density at radius 3 is 1.63 bits per heavy atom. The summed E-state index contributed by atoms with van der Waals surface area (Å²) in [4.78, 5) is 0. The zero-order valence-electron chi connectivity index (χ0n) is 9.87. The molecule has 0 aliphatic heterocycles. The Bertz CT molecular complexity index is 446. The second-order valence-corrected chi connectivity index (χ2v) is 5.97. The summed E-state index contributed by atoms with van der Waals surface area (Å²) in [6.45, 7) is -0.0360. The molecular weight excluding hydrogens is 277 g/mol. The summed E-state index contributed by atoms with van der Waals surface area (Å²) >= 11 is 0. The molecule has 3 aliphatic rings. The third-order valence-corrected chi connectivity index (χ3v) is 5.46. The fourth-order valence-corrected chi connectivity index (χ4v) is 4.05. The molecule has 3 rings (SSSR count). The van der Waals surface area contributed by atoms with Gasteiger partial charge in [0.25, 0.3) is 0 Å². The van der Waals surface area contributed by atoms with Gasteiger partial charge in [0.15, 0.2) is 5.41 Å². The Balaban J connectivity index is 2.09. The summed E-state index contributed by atoms with van der Waals surface area (Å²) in [6.07, 6.45) is -8.81. The van der Waals surface area contributed by atoms with E-state index in [4.69, 9.17) is 0 Å². The molecule has 19 heavy (non-hydrogen) atoms. The molecule has 0 nitrogen and oxygen atoms in total. The minimum absolute atomic E-state index is 0.0360. The summed E-state index contributed by atoms with van der Waals surface area (Å²) in [7, 11) is 0. The topological polar surface area (TPSA) is 0 Å². The van der Waals surface area contributed by atoms with Gasteiger partial charge in [0.1, 0.15) is 5.67 Å². The second-order valence-electron chi connectivity index (χ2n) is 5.97. The Morgan fingerprint density at radius 1 is 0.895 bits per heavy atom. The lowest BCUT2D eigenvalue weighted by Crippen LogP contribution is -2.70. The molecule has 108 valence electrons. The Kier molecular flexibility index (Phi) is 2.06. The van der Waals surface area contributed by atoms with Gasteiger partial charge < -0.3 is 0 Å². The third kappa shape index (κ3) is 1.11. The summed E-state index contributed by atoms with van der Waals surface area (Å²) in [5.74, 6) is -0.952.